The molecule has 0 saturated heterocycles. The molecule has 6 heteroatoms. The number of aromatic nitrogens is 2. The molecule has 146 valence electrons. The number of benzene rings is 2. The third-order valence-electron chi connectivity index (χ3n) is 4.33. The topological polar surface area (TPSA) is 66.6 Å². The summed E-state index contributed by atoms with van der Waals surface area (Å²) in [4.78, 5) is 8.80. The van der Waals surface area contributed by atoms with E-state index in [4.69, 9.17) is 18.6 Å². The van der Waals surface area contributed by atoms with Crippen molar-refractivity contribution in [2.24, 2.45) is 0 Å². The number of rotatable bonds is 7. The van der Waals surface area contributed by atoms with Gasteiger partial charge in [0.15, 0.2) is 5.58 Å². The Morgan fingerprint density at radius 2 is 1.62 bits per heavy atom. The van der Waals surface area contributed by atoms with Gasteiger partial charge < -0.3 is 18.6 Å². The van der Waals surface area contributed by atoms with Gasteiger partial charge in [-0.05, 0) is 48.0 Å². The predicted octanol–water partition coefficient (Wildman–Crippen LogP) is 4.99. The fraction of sp³-hybridized carbons (Fsp3) is 0.130. The number of fused-ring (bicyclic) bond motifs is 1. The fourth-order valence-corrected chi connectivity index (χ4v) is 2.74. The van der Waals surface area contributed by atoms with Gasteiger partial charge in [0.05, 0.1) is 26.1 Å². The molecular weight excluding hydrogens is 368 g/mol. The van der Waals surface area contributed by atoms with Crippen LogP contribution in [0.1, 0.15) is 17.1 Å². The molecule has 2 aromatic carbocycles. The Labute approximate surface area is 168 Å². The van der Waals surface area contributed by atoms with Crippen LogP contribution in [0, 0.1) is 0 Å². The smallest absolute Gasteiger partial charge is 0.220 e. The summed E-state index contributed by atoms with van der Waals surface area (Å²) < 4.78 is 21.9. The average molecular weight is 388 g/mol. The van der Waals surface area contributed by atoms with Crippen molar-refractivity contribution in [2.45, 2.75) is 6.61 Å². The molecule has 29 heavy (non-hydrogen) atoms. The van der Waals surface area contributed by atoms with Crippen molar-refractivity contribution >= 4 is 23.3 Å². The summed E-state index contributed by atoms with van der Waals surface area (Å²) in [7, 11) is 3.26. The van der Waals surface area contributed by atoms with Crippen molar-refractivity contribution in [1.29, 1.82) is 0 Å². The lowest BCUT2D eigenvalue weighted by molar-refractivity contribution is 0.301. The molecule has 2 heterocycles. The largest absolute Gasteiger partial charge is 0.497 e. The highest BCUT2D eigenvalue weighted by molar-refractivity contribution is 5.77. The molecule has 0 radical (unpaired) electrons. The lowest BCUT2D eigenvalue weighted by Gasteiger charge is -2.06. The molecule has 4 rings (SSSR count). The lowest BCUT2D eigenvalue weighted by atomic mass is 10.2. The minimum atomic E-state index is 0.359. The highest BCUT2D eigenvalue weighted by Gasteiger charge is 2.06. The Morgan fingerprint density at radius 3 is 2.34 bits per heavy atom. The molecule has 0 aliphatic heterocycles. The average Bonchev–Trinajstić information content (AvgIpc) is 3.19. The number of pyridine rings is 1. The van der Waals surface area contributed by atoms with Crippen LogP contribution in [0.5, 0.6) is 17.2 Å². The van der Waals surface area contributed by atoms with Crippen LogP contribution < -0.4 is 14.2 Å². The first-order valence-corrected chi connectivity index (χ1v) is 9.08. The molecule has 0 spiro atoms. The number of methoxy groups -OCH3 is 2. The molecule has 0 bridgehead atoms. The Kier molecular flexibility index (Phi) is 5.42. The Bertz CT molecular complexity index is 1120. The summed E-state index contributed by atoms with van der Waals surface area (Å²) in [5.74, 6) is 2.77. The van der Waals surface area contributed by atoms with Crippen molar-refractivity contribution in [2.75, 3.05) is 14.2 Å². The first kappa shape index (κ1) is 18.6. The zero-order valence-corrected chi connectivity index (χ0v) is 16.2. The van der Waals surface area contributed by atoms with Crippen LogP contribution in [0.15, 0.2) is 65.2 Å². The molecule has 0 saturated carbocycles. The van der Waals surface area contributed by atoms with E-state index in [1.807, 2.05) is 66.7 Å². The van der Waals surface area contributed by atoms with Crippen LogP contribution in [-0.4, -0.2) is 24.2 Å². The van der Waals surface area contributed by atoms with Crippen LogP contribution in [0.25, 0.3) is 23.3 Å². The van der Waals surface area contributed by atoms with E-state index >= 15 is 0 Å². The molecular formula is C23H20N2O4. The second-order valence-electron chi connectivity index (χ2n) is 6.27. The van der Waals surface area contributed by atoms with Gasteiger partial charge in [0.25, 0.3) is 0 Å². The summed E-state index contributed by atoms with van der Waals surface area (Å²) in [5.41, 5.74) is 3.28. The number of oxazole rings is 1. The van der Waals surface area contributed by atoms with Crippen molar-refractivity contribution < 1.29 is 18.6 Å². The van der Waals surface area contributed by atoms with Gasteiger partial charge in [-0.3, -0.25) is 4.98 Å². The molecule has 0 aliphatic rings. The molecule has 0 fully saturated rings. The van der Waals surface area contributed by atoms with Gasteiger partial charge in [0.1, 0.15) is 29.4 Å². The molecule has 0 atom stereocenters. The Morgan fingerprint density at radius 1 is 0.862 bits per heavy atom. The van der Waals surface area contributed by atoms with E-state index in [1.54, 1.807) is 20.4 Å². The minimum absolute atomic E-state index is 0.359. The third-order valence-corrected chi connectivity index (χ3v) is 4.33. The predicted molar refractivity (Wildman–Crippen MR) is 111 cm³/mol. The van der Waals surface area contributed by atoms with Crippen LogP contribution in [0.2, 0.25) is 0 Å². The number of hydrogen-bond acceptors (Lipinski definition) is 6. The quantitative estimate of drug-likeness (QED) is 0.444. The summed E-state index contributed by atoms with van der Waals surface area (Å²) in [6.45, 7) is 0.359. The molecule has 0 amide bonds. The first-order valence-electron chi connectivity index (χ1n) is 9.08. The van der Waals surface area contributed by atoms with E-state index < -0.39 is 0 Å². The van der Waals surface area contributed by atoms with Gasteiger partial charge in [-0.15, -0.1) is 0 Å². The maximum Gasteiger partial charge on any atom is 0.220 e. The van der Waals surface area contributed by atoms with E-state index in [0.29, 0.717) is 29.6 Å². The van der Waals surface area contributed by atoms with Crippen molar-refractivity contribution in [1.82, 2.24) is 9.97 Å². The number of ether oxygens (including phenoxy) is 3. The Balaban J connectivity index is 1.44. The first-order chi connectivity index (χ1) is 14.2. The number of hydrogen-bond donors (Lipinski definition) is 0. The monoisotopic (exact) mass is 388 g/mol. The second-order valence-corrected chi connectivity index (χ2v) is 6.27. The third kappa shape index (κ3) is 4.55. The minimum Gasteiger partial charge on any atom is -0.497 e. The Hall–Kier alpha value is -3.80. The molecule has 0 N–H and O–H groups in total. The zero-order valence-electron chi connectivity index (χ0n) is 16.2. The summed E-state index contributed by atoms with van der Waals surface area (Å²) in [5, 5.41) is 0. The van der Waals surface area contributed by atoms with Crippen molar-refractivity contribution in [3.05, 3.63) is 77.9 Å². The fourth-order valence-electron chi connectivity index (χ4n) is 2.74. The zero-order chi connectivity index (χ0) is 20.1. The van der Waals surface area contributed by atoms with E-state index in [-0.39, 0.29) is 0 Å². The normalized spacial score (nSPS) is 11.1. The van der Waals surface area contributed by atoms with E-state index in [9.17, 15) is 0 Å². The molecule has 0 aliphatic carbocycles. The van der Waals surface area contributed by atoms with Gasteiger partial charge in [-0.2, -0.15) is 0 Å². The van der Waals surface area contributed by atoms with E-state index in [0.717, 1.165) is 22.5 Å². The van der Waals surface area contributed by atoms with Crippen LogP contribution >= 0.6 is 0 Å². The summed E-state index contributed by atoms with van der Waals surface area (Å²) >= 11 is 0. The van der Waals surface area contributed by atoms with Gasteiger partial charge in [0.2, 0.25) is 5.89 Å². The molecule has 4 aromatic rings. The lowest BCUT2D eigenvalue weighted by Crippen LogP contribution is -1.98. The molecule has 2 aromatic heterocycles. The van der Waals surface area contributed by atoms with E-state index in [2.05, 4.69) is 9.97 Å². The highest BCUT2D eigenvalue weighted by atomic mass is 16.5. The standard InChI is InChI=1S/C23H20N2O4/c1-26-18-7-3-16(4-8-18)5-12-23-25-21-13-19(10-11-22(21)29-23)28-15-17-6-9-20(27-2)14-24-17/h3-14H,15H2,1-2H3. The van der Waals surface area contributed by atoms with Gasteiger partial charge in [-0.25, -0.2) is 4.98 Å². The van der Waals surface area contributed by atoms with Gasteiger partial charge >= 0.3 is 0 Å². The van der Waals surface area contributed by atoms with Crippen molar-refractivity contribution in [3.63, 3.8) is 0 Å². The van der Waals surface area contributed by atoms with E-state index in [1.165, 1.54) is 0 Å². The molecule has 0 unspecified atom stereocenters. The van der Waals surface area contributed by atoms with Crippen LogP contribution in [0.4, 0.5) is 0 Å². The number of nitrogens with zero attached hydrogens (tertiary/aromatic N) is 2. The summed E-state index contributed by atoms with van der Waals surface area (Å²) in [6.07, 6.45) is 5.45. The van der Waals surface area contributed by atoms with Crippen molar-refractivity contribution in [3.8, 4) is 17.2 Å². The SMILES string of the molecule is COc1ccc(C=Cc2nc3cc(OCc4ccc(OC)cn4)ccc3o2)cc1. The van der Waals surface area contributed by atoms with Gasteiger partial charge in [0, 0.05) is 12.1 Å². The summed E-state index contributed by atoms with van der Waals surface area (Å²) in [6, 6.07) is 17.0. The van der Waals surface area contributed by atoms with Crippen LogP contribution in [-0.2, 0) is 6.61 Å². The molecule has 6 nitrogen and oxygen atoms in total. The maximum absolute atomic E-state index is 5.82. The van der Waals surface area contributed by atoms with Crippen LogP contribution in [0.3, 0.4) is 0 Å². The maximum atomic E-state index is 5.82. The second kappa shape index (κ2) is 8.48. The van der Waals surface area contributed by atoms with Gasteiger partial charge in [-0.1, -0.05) is 12.1 Å². The highest BCUT2D eigenvalue weighted by Crippen LogP contribution is 2.23.